The van der Waals surface area contributed by atoms with E-state index in [4.69, 9.17) is 11.6 Å². The van der Waals surface area contributed by atoms with Gasteiger partial charge in [0.25, 0.3) is 0 Å². The Kier molecular flexibility index (Phi) is 3.52. The molecule has 1 aliphatic rings. The molecule has 20 heavy (non-hydrogen) atoms. The van der Waals surface area contributed by atoms with Crippen molar-refractivity contribution in [3.05, 3.63) is 46.5 Å². The lowest BCUT2D eigenvalue weighted by molar-refractivity contribution is 0.270. The van der Waals surface area contributed by atoms with Gasteiger partial charge >= 0.3 is 0 Å². The fourth-order valence-corrected chi connectivity index (χ4v) is 3.26. The highest BCUT2D eigenvalue weighted by atomic mass is 35.5. The van der Waals surface area contributed by atoms with Gasteiger partial charge in [0.15, 0.2) is 0 Å². The normalized spacial score (nSPS) is 20.1. The Morgan fingerprint density at radius 2 is 2.30 bits per heavy atom. The summed E-state index contributed by atoms with van der Waals surface area (Å²) in [6, 6.07) is 6.56. The van der Waals surface area contributed by atoms with Crippen LogP contribution in [0.4, 0.5) is 0 Å². The van der Waals surface area contributed by atoms with Crippen LogP contribution in [0.5, 0.6) is 0 Å². The third-order valence-corrected chi connectivity index (χ3v) is 4.26. The largest absolute Gasteiger partial charge is 0.309 e. The number of benzene rings is 1. The molecular formula is C15H19ClN4. The van der Waals surface area contributed by atoms with Crippen LogP contribution in [0.3, 0.4) is 0 Å². The van der Waals surface area contributed by atoms with Gasteiger partial charge in [-0.3, -0.25) is 5.10 Å². The van der Waals surface area contributed by atoms with Gasteiger partial charge in [-0.2, -0.15) is 5.10 Å². The van der Waals surface area contributed by atoms with Crippen LogP contribution in [-0.4, -0.2) is 21.7 Å². The average Bonchev–Trinajstić information content (AvgIpc) is 2.97. The molecule has 1 heterocycles. The maximum Gasteiger partial charge on any atom is 0.137 e. The van der Waals surface area contributed by atoms with Crippen molar-refractivity contribution in [2.45, 2.75) is 32.7 Å². The van der Waals surface area contributed by atoms with Gasteiger partial charge in [-0.15, -0.1) is 0 Å². The van der Waals surface area contributed by atoms with E-state index in [2.05, 4.69) is 46.5 Å². The van der Waals surface area contributed by atoms with Crippen LogP contribution in [0.1, 0.15) is 36.8 Å². The molecule has 0 saturated carbocycles. The quantitative estimate of drug-likeness (QED) is 0.910. The molecule has 1 aromatic heterocycles. The molecule has 2 N–H and O–H groups in total. The zero-order valence-corrected chi connectivity index (χ0v) is 12.5. The van der Waals surface area contributed by atoms with E-state index < -0.39 is 0 Å². The van der Waals surface area contributed by atoms with Crippen molar-refractivity contribution in [1.29, 1.82) is 0 Å². The van der Waals surface area contributed by atoms with Crippen LogP contribution in [-0.2, 0) is 12.8 Å². The summed E-state index contributed by atoms with van der Waals surface area (Å²) < 4.78 is 0. The maximum absolute atomic E-state index is 6.15. The molecule has 1 aliphatic carbocycles. The second-order valence-corrected chi connectivity index (χ2v) is 6.51. The topological polar surface area (TPSA) is 53.6 Å². The third kappa shape index (κ3) is 2.58. The molecule has 0 amide bonds. The second kappa shape index (κ2) is 5.19. The standard InChI is InChI=1S/C15H19ClN4/c1-15(2)8-10-3-4-11(16)7-12(10)14(15)17-6-5-13-18-9-19-20-13/h3-4,7,9,14,17H,5-6,8H2,1-2H3,(H,18,19,20). The van der Waals surface area contributed by atoms with Crippen molar-refractivity contribution in [1.82, 2.24) is 20.5 Å². The van der Waals surface area contributed by atoms with Crippen LogP contribution in [0.25, 0.3) is 0 Å². The molecule has 0 aliphatic heterocycles. The SMILES string of the molecule is CC1(C)Cc2ccc(Cl)cc2C1NCCc1ncn[nH]1. The summed E-state index contributed by atoms with van der Waals surface area (Å²) in [4.78, 5) is 4.15. The van der Waals surface area contributed by atoms with Crippen LogP contribution >= 0.6 is 11.6 Å². The molecular weight excluding hydrogens is 272 g/mol. The lowest BCUT2D eigenvalue weighted by Gasteiger charge is -2.28. The molecule has 0 saturated heterocycles. The minimum atomic E-state index is 0.203. The number of rotatable bonds is 4. The first-order valence-electron chi connectivity index (χ1n) is 6.92. The maximum atomic E-state index is 6.15. The molecule has 2 aromatic rings. The van der Waals surface area contributed by atoms with Crippen molar-refractivity contribution < 1.29 is 0 Å². The van der Waals surface area contributed by atoms with Gasteiger partial charge in [-0.25, -0.2) is 4.98 Å². The summed E-state index contributed by atoms with van der Waals surface area (Å²) in [6.07, 6.45) is 3.48. The molecule has 5 heteroatoms. The minimum Gasteiger partial charge on any atom is -0.309 e. The van der Waals surface area contributed by atoms with Crippen molar-refractivity contribution in [2.75, 3.05) is 6.54 Å². The molecule has 3 rings (SSSR count). The van der Waals surface area contributed by atoms with E-state index in [9.17, 15) is 0 Å². The third-order valence-electron chi connectivity index (χ3n) is 4.02. The van der Waals surface area contributed by atoms with E-state index >= 15 is 0 Å². The van der Waals surface area contributed by atoms with E-state index in [1.165, 1.54) is 11.1 Å². The van der Waals surface area contributed by atoms with Gasteiger partial charge in [-0.1, -0.05) is 31.5 Å². The highest BCUT2D eigenvalue weighted by molar-refractivity contribution is 6.30. The first-order valence-corrected chi connectivity index (χ1v) is 7.30. The Labute approximate surface area is 124 Å². The summed E-state index contributed by atoms with van der Waals surface area (Å²) in [5.74, 6) is 0.916. The average molecular weight is 291 g/mol. The van der Waals surface area contributed by atoms with Crippen LogP contribution in [0.2, 0.25) is 5.02 Å². The molecule has 0 fully saturated rings. The van der Waals surface area contributed by atoms with Gasteiger partial charge in [0.1, 0.15) is 12.2 Å². The van der Waals surface area contributed by atoms with E-state index in [-0.39, 0.29) is 5.41 Å². The van der Waals surface area contributed by atoms with E-state index in [0.29, 0.717) is 6.04 Å². The zero-order valence-electron chi connectivity index (χ0n) is 11.8. The highest BCUT2D eigenvalue weighted by Crippen LogP contribution is 2.45. The number of fused-ring (bicyclic) bond motifs is 1. The Hall–Kier alpha value is -1.39. The lowest BCUT2D eigenvalue weighted by atomic mass is 9.85. The van der Waals surface area contributed by atoms with E-state index in [0.717, 1.165) is 30.2 Å². The van der Waals surface area contributed by atoms with Crippen molar-refractivity contribution in [2.24, 2.45) is 5.41 Å². The highest BCUT2D eigenvalue weighted by Gasteiger charge is 2.38. The van der Waals surface area contributed by atoms with Crippen molar-refractivity contribution in [3.63, 3.8) is 0 Å². The van der Waals surface area contributed by atoms with E-state index in [1.807, 2.05) is 6.07 Å². The molecule has 1 unspecified atom stereocenters. The predicted molar refractivity (Wildman–Crippen MR) is 79.8 cm³/mol. The summed E-state index contributed by atoms with van der Waals surface area (Å²) >= 11 is 6.15. The molecule has 1 aromatic carbocycles. The summed E-state index contributed by atoms with van der Waals surface area (Å²) in [5, 5.41) is 11.2. The Bertz CT molecular complexity index is 592. The first-order chi connectivity index (χ1) is 9.56. The summed E-state index contributed by atoms with van der Waals surface area (Å²) in [7, 11) is 0. The zero-order chi connectivity index (χ0) is 14.2. The van der Waals surface area contributed by atoms with Gasteiger partial charge in [0, 0.05) is 24.0 Å². The van der Waals surface area contributed by atoms with Crippen LogP contribution < -0.4 is 5.32 Å². The lowest BCUT2D eigenvalue weighted by Crippen LogP contribution is -2.32. The number of hydrogen-bond acceptors (Lipinski definition) is 3. The fraction of sp³-hybridized carbons (Fsp3) is 0.467. The first kappa shape index (κ1) is 13.6. The number of aromatic amines is 1. The minimum absolute atomic E-state index is 0.203. The monoisotopic (exact) mass is 290 g/mol. The molecule has 106 valence electrons. The second-order valence-electron chi connectivity index (χ2n) is 6.08. The van der Waals surface area contributed by atoms with Gasteiger partial charge < -0.3 is 5.32 Å². The Balaban J connectivity index is 1.73. The smallest absolute Gasteiger partial charge is 0.137 e. The number of H-pyrrole nitrogens is 1. The van der Waals surface area contributed by atoms with Gasteiger partial charge in [0.05, 0.1) is 0 Å². The molecule has 0 spiro atoms. The molecule has 1 atom stereocenters. The Morgan fingerprint density at radius 3 is 3.05 bits per heavy atom. The molecule has 0 radical (unpaired) electrons. The molecule has 4 nitrogen and oxygen atoms in total. The number of hydrogen-bond donors (Lipinski definition) is 2. The van der Waals surface area contributed by atoms with E-state index in [1.54, 1.807) is 6.33 Å². The summed E-state index contributed by atoms with van der Waals surface area (Å²) in [5.41, 5.74) is 2.94. The van der Waals surface area contributed by atoms with Crippen LogP contribution in [0, 0.1) is 5.41 Å². The number of aromatic nitrogens is 3. The summed E-state index contributed by atoms with van der Waals surface area (Å²) in [6.45, 7) is 5.47. The molecule has 0 bridgehead atoms. The fourth-order valence-electron chi connectivity index (χ4n) is 3.08. The van der Waals surface area contributed by atoms with Gasteiger partial charge in [-0.05, 0) is 35.1 Å². The number of nitrogens with zero attached hydrogens (tertiary/aromatic N) is 2. The van der Waals surface area contributed by atoms with Gasteiger partial charge in [0.2, 0.25) is 0 Å². The van der Waals surface area contributed by atoms with Crippen molar-refractivity contribution >= 4 is 11.6 Å². The van der Waals surface area contributed by atoms with Crippen LogP contribution in [0.15, 0.2) is 24.5 Å². The number of nitrogens with one attached hydrogen (secondary N) is 2. The van der Waals surface area contributed by atoms with Crippen molar-refractivity contribution in [3.8, 4) is 0 Å². The Morgan fingerprint density at radius 1 is 1.45 bits per heavy atom. The number of halogens is 1. The predicted octanol–water partition coefficient (Wildman–Crippen LogP) is 2.91.